The number of esters is 1. The van der Waals surface area contributed by atoms with Gasteiger partial charge in [-0.05, 0) is 24.6 Å². The Morgan fingerprint density at radius 2 is 2.21 bits per heavy atom. The summed E-state index contributed by atoms with van der Waals surface area (Å²) < 4.78 is 4.66. The van der Waals surface area contributed by atoms with Crippen LogP contribution in [0, 0.1) is 5.92 Å². The Morgan fingerprint density at radius 3 is 2.84 bits per heavy atom. The summed E-state index contributed by atoms with van der Waals surface area (Å²) in [4.78, 5) is 25.1. The van der Waals surface area contributed by atoms with E-state index in [1.165, 1.54) is 24.1 Å². The number of rotatable bonds is 2. The van der Waals surface area contributed by atoms with Crippen molar-refractivity contribution in [2.24, 2.45) is 5.92 Å². The van der Waals surface area contributed by atoms with Crippen LogP contribution >= 0.6 is 11.6 Å². The Hall–Kier alpha value is -1.75. The van der Waals surface area contributed by atoms with Gasteiger partial charge < -0.3 is 14.7 Å². The van der Waals surface area contributed by atoms with E-state index in [4.69, 9.17) is 11.6 Å². The minimum absolute atomic E-state index is 0.154. The molecule has 1 saturated heterocycles. The summed E-state index contributed by atoms with van der Waals surface area (Å²) >= 11 is 5.72. The average Bonchev–Trinajstić information content (AvgIpc) is 2.86. The first kappa shape index (κ1) is 13.7. The van der Waals surface area contributed by atoms with Gasteiger partial charge in [-0.1, -0.05) is 11.6 Å². The minimum Gasteiger partial charge on any atom is -0.507 e. The van der Waals surface area contributed by atoms with Gasteiger partial charge in [0.1, 0.15) is 5.75 Å². The molecule has 102 valence electrons. The van der Waals surface area contributed by atoms with Gasteiger partial charge in [-0.15, -0.1) is 0 Å². The first-order valence-electron chi connectivity index (χ1n) is 5.88. The third kappa shape index (κ3) is 2.81. The summed E-state index contributed by atoms with van der Waals surface area (Å²) in [5, 5.41) is 10.1. The van der Waals surface area contributed by atoms with Gasteiger partial charge in [0, 0.05) is 18.1 Å². The smallest absolute Gasteiger partial charge is 0.310 e. The maximum absolute atomic E-state index is 12.2. The molecule has 1 aliphatic heterocycles. The van der Waals surface area contributed by atoms with Gasteiger partial charge in [0.2, 0.25) is 0 Å². The molecule has 1 aliphatic rings. The fraction of sp³-hybridized carbons (Fsp3) is 0.385. The van der Waals surface area contributed by atoms with E-state index in [9.17, 15) is 14.7 Å². The fourth-order valence-electron chi connectivity index (χ4n) is 2.16. The van der Waals surface area contributed by atoms with Gasteiger partial charge in [-0.2, -0.15) is 0 Å². The second-order valence-corrected chi connectivity index (χ2v) is 4.86. The van der Waals surface area contributed by atoms with Crippen LogP contribution in [0.2, 0.25) is 5.02 Å². The SMILES string of the molecule is COC(=O)C1CCN(C(=O)c2ccc(Cl)cc2O)C1. The molecule has 19 heavy (non-hydrogen) atoms. The van der Waals surface area contributed by atoms with Crippen LogP contribution in [0.5, 0.6) is 5.75 Å². The van der Waals surface area contributed by atoms with Gasteiger partial charge >= 0.3 is 5.97 Å². The number of likely N-dealkylation sites (tertiary alicyclic amines) is 1. The van der Waals surface area contributed by atoms with E-state index in [2.05, 4.69) is 4.74 Å². The van der Waals surface area contributed by atoms with Gasteiger partial charge in [0.25, 0.3) is 5.91 Å². The van der Waals surface area contributed by atoms with Crippen LogP contribution in [-0.2, 0) is 9.53 Å². The molecule has 0 spiro atoms. The van der Waals surface area contributed by atoms with Crippen molar-refractivity contribution in [3.63, 3.8) is 0 Å². The lowest BCUT2D eigenvalue weighted by atomic mass is 10.1. The quantitative estimate of drug-likeness (QED) is 0.839. The molecule has 5 nitrogen and oxygen atoms in total. The number of hydrogen-bond acceptors (Lipinski definition) is 4. The van der Waals surface area contributed by atoms with E-state index in [-0.39, 0.29) is 29.1 Å². The largest absolute Gasteiger partial charge is 0.507 e. The lowest BCUT2D eigenvalue weighted by Gasteiger charge is -2.16. The van der Waals surface area contributed by atoms with Crippen LogP contribution in [0.4, 0.5) is 0 Å². The van der Waals surface area contributed by atoms with Gasteiger partial charge in [0.15, 0.2) is 0 Å². The highest BCUT2D eigenvalue weighted by atomic mass is 35.5. The number of benzene rings is 1. The first-order chi connectivity index (χ1) is 9.02. The van der Waals surface area contributed by atoms with Crippen LogP contribution in [0.25, 0.3) is 0 Å². The lowest BCUT2D eigenvalue weighted by Crippen LogP contribution is -2.30. The highest BCUT2D eigenvalue weighted by Gasteiger charge is 2.32. The zero-order chi connectivity index (χ0) is 14.0. The molecule has 0 aromatic heterocycles. The number of carbonyl (C=O) groups excluding carboxylic acids is 2. The van der Waals surface area contributed by atoms with Crippen LogP contribution in [0.1, 0.15) is 16.8 Å². The lowest BCUT2D eigenvalue weighted by molar-refractivity contribution is -0.144. The molecule has 1 aromatic rings. The Labute approximate surface area is 115 Å². The summed E-state index contributed by atoms with van der Waals surface area (Å²) in [6, 6.07) is 4.34. The maximum atomic E-state index is 12.2. The van der Waals surface area contributed by atoms with Crippen LogP contribution < -0.4 is 0 Å². The summed E-state index contributed by atoms with van der Waals surface area (Å²) in [5.74, 6) is -1.06. The number of ether oxygens (including phenoxy) is 1. The molecule has 1 atom stereocenters. The second-order valence-electron chi connectivity index (χ2n) is 4.42. The van der Waals surface area contributed by atoms with Gasteiger partial charge in [0.05, 0.1) is 18.6 Å². The molecule has 0 aliphatic carbocycles. The third-order valence-corrected chi connectivity index (χ3v) is 3.44. The van der Waals surface area contributed by atoms with E-state index in [0.717, 1.165) is 0 Å². The average molecular weight is 284 g/mol. The number of halogens is 1. The number of carbonyl (C=O) groups is 2. The molecule has 1 amide bonds. The van der Waals surface area contributed by atoms with Crippen molar-refractivity contribution < 1.29 is 19.4 Å². The molecule has 2 rings (SSSR count). The summed E-state index contributed by atoms with van der Waals surface area (Å²) in [6.45, 7) is 0.786. The number of nitrogens with zero attached hydrogens (tertiary/aromatic N) is 1. The summed E-state index contributed by atoms with van der Waals surface area (Å²) in [7, 11) is 1.33. The Kier molecular flexibility index (Phi) is 3.95. The van der Waals surface area contributed by atoms with Crippen molar-refractivity contribution in [1.29, 1.82) is 0 Å². The number of hydrogen-bond donors (Lipinski definition) is 1. The topological polar surface area (TPSA) is 66.8 Å². The van der Waals surface area contributed by atoms with Crippen molar-refractivity contribution in [1.82, 2.24) is 4.90 Å². The molecular weight excluding hydrogens is 270 g/mol. The normalized spacial score (nSPS) is 18.4. The predicted molar refractivity (Wildman–Crippen MR) is 69.1 cm³/mol. The molecule has 0 bridgehead atoms. The molecule has 1 aromatic carbocycles. The Balaban J connectivity index is 2.11. The van der Waals surface area contributed by atoms with E-state index >= 15 is 0 Å². The maximum Gasteiger partial charge on any atom is 0.310 e. The highest BCUT2D eigenvalue weighted by Crippen LogP contribution is 2.26. The summed E-state index contributed by atoms with van der Waals surface area (Å²) in [5.41, 5.74) is 0.190. The van der Waals surface area contributed by atoms with Crippen molar-refractivity contribution in [3.8, 4) is 5.75 Å². The number of amides is 1. The molecule has 1 N–H and O–H groups in total. The van der Waals surface area contributed by atoms with Gasteiger partial charge in [-0.25, -0.2) is 0 Å². The molecule has 1 heterocycles. The number of phenolic OH excluding ortho intramolecular Hbond substituents is 1. The van der Waals surface area contributed by atoms with Crippen molar-refractivity contribution in [2.45, 2.75) is 6.42 Å². The number of phenols is 1. The van der Waals surface area contributed by atoms with Crippen LogP contribution in [0.15, 0.2) is 18.2 Å². The number of methoxy groups -OCH3 is 1. The van der Waals surface area contributed by atoms with E-state index in [1.54, 1.807) is 6.07 Å². The highest BCUT2D eigenvalue weighted by molar-refractivity contribution is 6.30. The van der Waals surface area contributed by atoms with Gasteiger partial charge in [-0.3, -0.25) is 9.59 Å². The second kappa shape index (κ2) is 5.48. The van der Waals surface area contributed by atoms with E-state index in [1.807, 2.05) is 0 Å². The van der Waals surface area contributed by atoms with E-state index in [0.29, 0.717) is 24.5 Å². The molecule has 1 unspecified atom stereocenters. The molecular formula is C13H14ClNO4. The van der Waals surface area contributed by atoms with Crippen LogP contribution in [-0.4, -0.2) is 42.1 Å². The fourth-order valence-corrected chi connectivity index (χ4v) is 2.33. The van der Waals surface area contributed by atoms with Crippen LogP contribution in [0.3, 0.4) is 0 Å². The zero-order valence-corrected chi connectivity index (χ0v) is 11.2. The standard InChI is InChI=1S/C13H14ClNO4/c1-19-13(18)8-4-5-15(7-8)12(17)10-3-2-9(14)6-11(10)16/h2-3,6,8,16H,4-5,7H2,1H3. The van der Waals surface area contributed by atoms with Crippen molar-refractivity contribution >= 4 is 23.5 Å². The molecule has 0 saturated carbocycles. The predicted octanol–water partition coefficient (Wildman–Crippen LogP) is 1.68. The summed E-state index contributed by atoms with van der Waals surface area (Å²) in [6.07, 6.45) is 0.576. The van der Waals surface area contributed by atoms with E-state index < -0.39 is 0 Å². The molecule has 1 fully saturated rings. The Bertz CT molecular complexity index is 517. The van der Waals surface area contributed by atoms with Crippen molar-refractivity contribution in [2.75, 3.05) is 20.2 Å². The number of aromatic hydroxyl groups is 1. The van der Waals surface area contributed by atoms with Crippen molar-refractivity contribution in [3.05, 3.63) is 28.8 Å². The first-order valence-corrected chi connectivity index (χ1v) is 6.26. The molecule has 6 heteroatoms. The molecule has 0 radical (unpaired) electrons. The monoisotopic (exact) mass is 283 g/mol. The zero-order valence-electron chi connectivity index (χ0n) is 10.4. The minimum atomic E-state index is -0.310. The Morgan fingerprint density at radius 1 is 1.47 bits per heavy atom. The third-order valence-electron chi connectivity index (χ3n) is 3.20.